The lowest BCUT2D eigenvalue weighted by atomic mass is 10.2. The van der Waals surface area contributed by atoms with Crippen LogP contribution in [0, 0.1) is 0 Å². The largest absolute Gasteiger partial charge is 0.468 e. The van der Waals surface area contributed by atoms with Gasteiger partial charge in [-0.1, -0.05) is 35.1 Å². The van der Waals surface area contributed by atoms with E-state index in [9.17, 15) is 26.4 Å². The summed E-state index contributed by atoms with van der Waals surface area (Å²) in [6.45, 7) is -0.633. The molecule has 2 aromatic rings. The molecule has 30 heavy (non-hydrogen) atoms. The van der Waals surface area contributed by atoms with Crippen LogP contribution < -0.4 is 5.73 Å². The van der Waals surface area contributed by atoms with Gasteiger partial charge in [-0.25, -0.2) is 8.42 Å². The number of halogens is 4. The number of hydrogen-bond donors (Lipinski definition) is 1. The first kappa shape index (κ1) is 23.8. The standard InChI is InChI=1S/C16H14ClF3N4O4S2/c1-28-10(25)7-22-12(11(17)13(21)16(18,19)20)15-24-23-14(29-15)8-4-3-5-9(6-8)30(2,26)27/h3-6H,7,21H2,1-2H3/b13-11+,22-12?. The summed E-state index contributed by atoms with van der Waals surface area (Å²) in [7, 11) is -2.41. The average molecular weight is 483 g/mol. The Morgan fingerprint density at radius 1 is 1.33 bits per heavy atom. The molecule has 0 bridgehead atoms. The van der Waals surface area contributed by atoms with Crippen LogP contribution in [0.1, 0.15) is 5.01 Å². The lowest BCUT2D eigenvalue weighted by molar-refractivity contribution is -0.138. The summed E-state index contributed by atoms with van der Waals surface area (Å²) in [6, 6.07) is 5.75. The maximum absolute atomic E-state index is 13.0. The zero-order valence-electron chi connectivity index (χ0n) is 15.4. The van der Waals surface area contributed by atoms with Gasteiger partial charge in [0.25, 0.3) is 0 Å². The summed E-state index contributed by atoms with van der Waals surface area (Å²) in [4.78, 5) is 15.1. The minimum Gasteiger partial charge on any atom is -0.468 e. The highest BCUT2D eigenvalue weighted by molar-refractivity contribution is 7.90. The first-order valence-corrected chi connectivity index (χ1v) is 10.9. The van der Waals surface area contributed by atoms with Gasteiger partial charge in [-0.3, -0.25) is 9.79 Å². The summed E-state index contributed by atoms with van der Waals surface area (Å²) in [6.07, 6.45) is -3.92. The number of hydrogen-bond acceptors (Lipinski definition) is 9. The van der Waals surface area contributed by atoms with Crippen LogP contribution in [0.2, 0.25) is 0 Å². The van der Waals surface area contributed by atoms with Crippen molar-refractivity contribution < 1.29 is 31.1 Å². The van der Waals surface area contributed by atoms with E-state index in [2.05, 4.69) is 19.9 Å². The first-order valence-electron chi connectivity index (χ1n) is 7.83. The number of ether oxygens (including phenoxy) is 1. The molecular weight excluding hydrogens is 469 g/mol. The molecule has 8 nitrogen and oxygen atoms in total. The van der Waals surface area contributed by atoms with E-state index in [1.165, 1.54) is 18.2 Å². The number of aliphatic imine (C=N–C) groups is 1. The third-order valence-electron chi connectivity index (χ3n) is 3.48. The SMILES string of the molecule is COC(=O)CN=C(/C(Cl)=C(\N)C(F)(F)F)c1nnc(-c2cccc(S(C)(=O)=O)c2)s1. The van der Waals surface area contributed by atoms with E-state index in [1.807, 2.05) is 0 Å². The monoisotopic (exact) mass is 482 g/mol. The summed E-state index contributed by atoms with van der Waals surface area (Å²) in [5, 5.41) is 6.70. The van der Waals surface area contributed by atoms with Gasteiger partial charge in [0.15, 0.2) is 14.8 Å². The lowest BCUT2D eigenvalue weighted by Crippen LogP contribution is -2.23. The topological polar surface area (TPSA) is 125 Å². The minimum atomic E-state index is -4.94. The number of rotatable bonds is 6. The van der Waals surface area contributed by atoms with E-state index in [1.54, 1.807) is 6.07 Å². The van der Waals surface area contributed by atoms with Crippen molar-refractivity contribution in [3.63, 3.8) is 0 Å². The van der Waals surface area contributed by atoms with Crippen molar-refractivity contribution in [3.8, 4) is 10.6 Å². The van der Waals surface area contributed by atoms with Crippen molar-refractivity contribution in [2.75, 3.05) is 19.9 Å². The maximum Gasteiger partial charge on any atom is 0.432 e. The maximum atomic E-state index is 13.0. The number of carbonyl (C=O) groups excluding carboxylic acids is 1. The Kier molecular flexibility index (Phi) is 7.21. The zero-order chi connectivity index (χ0) is 22.7. The van der Waals surface area contributed by atoms with Crippen LogP contribution in [0.3, 0.4) is 0 Å². The molecule has 1 heterocycles. The predicted octanol–water partition coefficient (Wildman–Crippen LogP) is 2.54. The van der Waals surface area contributed by atoms with Crippen molar-refractivity contribution in [2.24, 2.45) is 10.7 Å². The van der Waals surface area contributed by atoms with Gasteiger partial charge in [0, 0.05) is 11.8 Å². The second-order valence-corrected chi connectivity index (χ2v) is 9.05. The molecule has 0 aliphatic carbocycles. The van der Waals surface area contributed by atoms with Crippen LogP contribution in [0.5, 0.6) is 0 Å². The van der Waals surface area contributed by atoms with Gasteiger partial charge in [-0.15, -0.1) is 10.2 Å². The molecule has 162 valence electrons. The van der Waals surface area contributed by atoms with E-state index in [-0.39, 0.29) is 14.9 Å². The number of methoxy groups -OCH3 is 1. The smallest absolute Gasteiger partial charge is 0.432 e. The van der Waals surface area contributed by atoms with Gasteiger partial charge in [-0.2, -0.15) is 13.2 Å². The average Bonchev–Trinajstić information content (AvgIpc) is 3.15. The third kappa shape index (κ3) is 5.77. The summed E-state index contributed by atoms with van der Waals surface area (Å²) < 4.78 is 66.8. The molecule has 0 atom stereocenters. The van der Waals surface area contributed by atoms with Gasteiger partial charge in [0.05, 0.1) is 17.0 Å². The van der Waals surface area contributed by atoms with E-state index in [0.717, 1.165) is 24.7 Å². The predicted molar refractivity (Wildman–Crippen MR) is 105 cm³/mol. The van der Waals surface area contributed by atoms with Crippen LogP contribution in [-0.2, 0) is 19.4 Å². The molecule has 0 saturated heterocycles. The van der Waals surface area contributed by atoms with Crippen molar-refractivity contribution in [1.29, 1.82) is 0 Å². The fourth-order valence-electron chi connectivity index (χ4n) is 1.99. The Hall–Kier alpha value is -2.51. The van der Waals surface area contributed by atoms with Crippen LogP contribution in [0.15, 0.2) is 44.9 Å². The summed E-state index contributed by atoms with van der Waals surface area (Å²) in [5.41, 5.74) is 3.31. The summed E-state index contributed by atoms with van der Waals surface area (Å²) >= 11 is 6.58. The van der Waals surface area contributed by atoms with Crippen LogP contribution in [0.25, 0.3) is 10.6 Å². The second kappa shape index (κ2) is 9.10. The number of aromatic nitrogens is 2. The molecule has 0 radical (unpaired) electrons. The molecule has 0 fully saturated rings. The number of sulfone groups is 1. The van der Waals surface area contributed by atoms with Gasteiger partial charge in [0.2, 0.25) is 0 Å². The van der Waals surface area contributed by atoms with Crippen molar-refractivity contribution in [1.82, 2.24) is 10.2 Å². The molecule has 0 saturated carbocycles. The minimum absolute atomic E-state index is 0.0237. The molecule has 1 aromatic carbocycles. The Balaban J connectivity index is 2.55. The molecule has 0 unspecified atom stereocenters. The number of carbonyl (C=O) groups is 1. The lowest BCUT2D eigenvalue weighted by Gasteiger charge is -2.10. The molecule has 2 rings (SSSR count). The second-order valence-electron chi connectivity index (χ2n) is 5.68. The molecule has 0 spiro atoms. The van der Waals surface area contributed by atoms with E-state index < -0.39 is 45.0 Å². The molecule has 14 heteroatoms. The van der Waals surface area contributed by atoms with Gasteiger partial charge in [-0.05, 0) is 12.1 Å². The number of nitrogens with two attached hydrogens (primary N) is 1. The zero-order valence-corrected chi connectivity index (χ0v) is 17.8. The molecule has 1 aromatic heterocycles. The van der Waals surface area contributed by atoms with Crippen LogP contribution >= 0.6 is 22.9 Å². The first-order chi connectivity index (χ1) is 13.8. The van der Waals surface area contributed by atoms with Crippen molar-refractivity contribution in [3.05, 3.63) is 40.0 Å². The quantitative estimate of drug-likeness (QED) is 0.495. The Labute approximate surface area is 178 Å². The van der Waals surface area contributed by atoms with E-state index >= 15 is 0 Å². The van der Waals surface area contributed by atoms with E-state index in [4.69, 9.17) is 17.3 Å². The van der Waals surface area contributed by atoms with E-state index in [0.29, 0.717) is 5.56 Å². The third-order valence-corrected chi connectivity index (χ3v) is 5.95. The molecular formula is C16H14ClF3N4O4S2. The highest BCUT2D eigenvalue weighted by Gasteiger charge is 2.36. The van der Waals surface area contributed by atoms with Crippen LogP contribution in [-0.4, -0.2) is 56.4 Å². The molecule has 2 N–H and O–H groups in total. The fourth-order valence-corrected chi connectivity index (χ4v) is 3.82. The molecule has 0 amide bonds. The Morgan fingerprint density at radius 2 is 2.00 bits per heavy atom. The Bertz CT molecular complexity index is 1130. The number of esters is 1. The highest BCUT2D eigenvalue weighted by Crippen LogP contribution is 2.31. The van der Waals surface area contributed by atoms with Gasteiger partial charge < -0.3 is 10.5 Å². The number of nitrogens with zero attached hydrogens (tertiary/aromatic N) is 3. The normalized spacial score (nSPS) is 13.7. The highest BCUT2D eigenvalue weighted by atomic mass is 35.5. The van der Waals surface area contributed by atoms with Crippen molar-refractivity contribution in [2.45, 2.75) is 11.1 Å². The van der Waals surface area contributed by atoms with Gasteiger partial charge >= 0.3 is 12.1 Å². The molecule has 0 aliphatic rings. The van der Waals surface area contributed by atoms with Crippen molar-refractivity contribution >= 4 is 44.5 Å². The number of benzene rings is 1. The molecule has 0 aliphatic heterocycles. The fraction of sp³-hybridized carbons (Fsp3) is 0.250. The number of alkyl halides is 3. The summed E-state index contributed by atoms with van der Waals surface area (Å²) in [5.74, 6) is -0.826. The van der Waals surface area contributed by atoms with Gasteiger partial charge in [0.1, 0.15) is 23.0 Å². The number of allylic oxidation sites excluding steroid dienone is 2. The Morgan fingerprint density at radius 3 is 2.57 bits per heavy atom. The van der Waals surface area contributed by atoms with Crippen LogP contribution in [0.4, 0.5) is 13.2 Å².